The fraction of sp³-hybridized carbons (Fsp3) is 0.278. The predicted octanol–water partition coefficient (Wildman–Crippen LogP) is 5.04. The number of hydrogen-bond acceptors (Lipinski definition) is 1. The van der Waals surface area contributed by atoms with Crippen LogP contribution in [0, 0.1) is 34.6 Å². The van der Waals surface area contributed by atoms with Crippen LogP contribution in [0.5, 0.6) is 0 Å². The van der Waals surface area contributed by atoms with E-state index in [4.69, 9.17) is 12.2 Å². The third-order valence-corrected chi connectivity index (χ3v) is 3.97. The Morgan fingerprint density at radius 2 is 1.48 bits per heavy atom. The molecule has 0 spiro atoms. The number of benzene rings is 2. The molecular formula is C18H22N2S. The number of hydrogen-bond donors (Lipinski definition) is 2. The summed E-state index contributed by atoms with van der Waals surface area (Å²) in [5.74, 6) is 0. The van der Waals surface area contributed by atoms with Gasteiger partial charge in [-0.2, -0.15) is 0 Å². The maximum Gasteiger partial charge on any atom is 0.175 e. The summed E-state index contributed by atoms with van der Waals surface area (Å²) in [4.78, 5) is 0. The number of aryl methyl sites for hydroxylation is 4. The molecule has 0 unspecified atom stereocenters. The first-order chi connectivity index (χ1) is 9.88. The lowest BCUT2D eigenvalue weighted by Crippen LogP contribution is -2.21. The van der Waals surface area contributed by atoms with Crippen molar-refractivity contribution in [1.82, 2.24) is 0 Å². The Morgan fingerprint density at radius 3 is 2.10 bits per heavy atom. The largest absolute Gasteiger partial charge is 0.332 e. The average molecular weight is 298 g/mol. The molecule has 3 heteroatoms. The molecule has 0 radical (unpaired) electrons. The lowest BCUT2D eigenvalue weighted by Gasteiger charge is -2.17. The molecule has 0 saturated heterocycles. The Kier molecular flexibility index (Phi) is 4.63. The standard InChI is InChI=1S/C18H22N2S/c1-11-9-13(3)17(14(4)10-11)20-18(21)19-16-8-6-7-12(2)15(16)5/h6-10H,1-5H3,(H2,19,20,21). The van der Waals surface area contributed by atoms with E-state index in [1.165, 1.54) is 27.8 Å². The topological polar surface area (TPSA) is 24.1 Å². The Hall–Kier alpha value is -1.87. The smallest absolute Gasteiger partial charge is 0.175 e. The van der Waals surface area contributed by atoms with E-state index in [-0.39, 0.29) is 0 Å². The molecule has 0 bridgehead atoms. The summed E-state index contributed by atoms with van der Waals surface area (Å²) < 4.78 is 0. The maximum absolute atomic E-state index is 5.45. The molecule has 0 heterocycles. The van der Waals surface area contributed by atoms with Crippen LogP contribution in [0.3, 0.4) is 0 Å². The molecule has 2 aromatic rings. The van der Waals surface area contributed by atoms with Crippen LogP contribution in [-0.2, 0) is 0 Å². The van der Waals surface area contributed by atoms with Crippen molar-refractivity contribution in [3.63, 3.8) is 0 Å². The summed E-state index contributed by atoms with van der Waals surface area (Å²) in [6.45, 7) is 10.5. The minimum absolute atomic E-state index is 0.624. The number of rotatable bonds is 2. The van der Waals surface area contributed by atoms with Gasteiger partial charge in [0.2, 0.25) is 0 Å². The Bertz CT molecular complexity index is 667. The van der Waals surface area contributed by atoms with Gasteiger partial charge in [0.1, 0.15) is 0 Å². The van der Waals surface area contributed by atoms with Gasteiger partial charge >= 0.3 is 0 Å². The fourth-order valence-corrected chi connectivity index (χ4v) is 2.74. The molecule has 21 heavy (non-hydrogen) atoms. The first kappa shape index (κ1) is 15.5. The molecular weight excluding hydrogens is 276 g/mol. The molecule has 0 saturated carbocycles. The summed E-state index contributed by atoms with van der Waals surface area (Å²) >= 11 is 5.45. The fourth-order valence-electron chi connectivity index (χ4n) is 2.53. The summed E-state index contributed by atoms with van der Waals surface area (Å²) in [5.41, 5.74) is 8.29. The maximum atomic E-state index is 5.45. The van der Waals surface area contributed by atoms with E-state index in [1.54, 1.807) is 0 Å². The summed E-state index contributed by atoms with van der Waals surface area (Å²) in [5, 5.41) is 7.23. The summed E-state index contributed by atoms with van der Waals surface area (Å²) in [7, 11) is 0. The van der Waals surface area contributed by atoms with Crippen molar-refractivity contribution in [3.05, 3.63) is 58.1 Å². The minimum atomic E-state index is 0.624. The van der Waals surface area contributed by atoms with E-state index in [1.807, 2.05) is 12.1 Å². The molecule has 0 amide bonds. The van der Waals surface area contributed by atoms with Crippen LogP contribution in [0.15, 0.2) is 30.3 Å². The lowest BCUT2D eigenvalue weighted by molar-refractivity contribution is 1.31. The number of thiocarbonyl (C=S) groups is 1. The monoisotopic (exact) mass is 298 g/mol. The number of nitrogens with one attached hydrogen (secondary N) is 2. The normalized spacial score (nSPS) is 10.3. The van der Waals surface area contributed by atoms with Crippen molar-refractivity contribution < 1.29 is 0 Å². The Balaban J connectivity index is 2.18. The van der Waals surface area contributed by atoms with Crippen LogP contribution in [0.2, 0.25) is 0 Å². The van der Waals surface area contributed by atoms with Crippen molar-refractivity contribution >= 4 is 28.7 Å². The SMILES string of the molecule is Cc1cc(C)c(NC(=S)Nc2cccc(C)c2C)c(C)c1. The molecule has 2 aromatic carbocycles. The highest BCUT2D eigenvalue weighted by atomic mass is 32.1. The third kappa shape index (κ3) is 3.61. The highest BCUT2D eigenvalue weighted by molar-refractivity contribution is 7.80. The van der Waals surface area contributed by atoms with Crippen LogP contribution < -0.4 is 10.6 Å². The first-order valence-electron chi connectivity index (χ1n) is 7.10. The molecule has 110 valence electrons. The molecule has 0 aliphatic rings. The molecule has 2 N–H and O–H groups in total. The Morgan fingerprint density at radius 1 is 0.857 bits per heavy atom. The average Bonchev–Trinajstić information content (AvgIpc) is 2.39. The van der Waals surface area contributed by atoms with Crippen LogP contribution in [0.4, 0.5) is 11.4 Å². The molecule has 0 aromatic heterocycles. The second kappa shape index (κ2) is 6.27. The van der Waals surface area contributed by atoms with Gasteiger partial charge in [-0.25, -0.2) is 0 Å². The molecule has 2 rings (SSSR count). The van der Waals surface area contributed by atoms with Gasteiger partial charge in [-0.3, -0.25) is 0 Å². The zero-order chi connectivity index (χ0) is 15.6. The van der Waals surface area contributed by atoms with Gasteiger partial charge in [-0.05, 0) is 75.2 Å². The van der Waals surface area contributed by atoms with Gasteiger partial charge in [0.15, 0.2) is 5.11 Å². The second-order valence-corrected chi connectivity index (χ2v) is 6.01. The molecule has 2 nitrogen and oxygen atoms in total. The van der Waals surface area contributed by atoms with Gasteiger partial charge < -0.3 is 10.6 Å². The zero-order valence-electron chi connectivity index (χ0n) is 13.3. The van der Waals surface area contributed by atoms with Gasteiger partial charge in [-0.15, -0.1) is 0 Å². The number of anilines is 2. The van der Waals surface area contributed by atoms with Crippen LogP contribution in [-0.4, -0.2) is 5.11 Å². The second-order valence-electron chi connectivity index (χ2n) is 5.60. The highest BCUT2D eigenvalue weighted by Crippen LogP contribution is 2.23. The van der Waals surface area contributed by atoms with E-state index in [0.717, 1.165) is 11.4 Å². The first-order valence-corrected chi connectivity index (χ1v) is 7.51. The van der Waals surface area contributed by atoms with E-state index in [9.17, 15) is 0 Å². The third-order valence-electron chi connectivity index (χ3n) is 3.77. The van der Waals surface area contributed by atoms with E-state index >= 15 is 0 Å². The minimum Gasteiger partial charge on any atom is -0.332 e. The van der Waals surface area contributed by atoms with Crippen molar-refractivity contribution in [2.75, 3.05) is 10.6 Å². The van der Waals surface area contributed by atoms with Gasteiger partial charge in [0.25, 0.3) is 0 Å². The van der Waals surface area contributed by atoms with Crippen molar-refractivity contribution in [1.29, 1.82) is 0 Å². The van der Waals surface area contributed by atoms with Gasteiger partial charge in [0, 0.05) is 11.4 Å². The van der Waals surface area contributed by atoms with Crippen LogP contribution in [0.1, 0.15) is 27.8 Å². The van der Waals surface area contributed by atoms with E-state index in [2.05, 4.69) is 63.5 Å². The molecule has 0 aliphatic heterocycles. The predicted molar refractivity (Wildman–Crippen MR) is 96.4 cm³/mol. The van der Waals surface area contributed by atoms with E-state index < -0.39 is 0 Å². The van der Waals surface area contributed by atoms with E-state index in [0.29, 0.717) is 5.11 Å². The summed E-state index contributed by atoms with van der Waals surface area (Å²) in [6, 6.07) is 10.5. The van der Waals surface area contributed by atoms with Crippen molar-refractivity contribution in [2.45, 2.75) is 34.6 Å². The van der Waals surface area contributed by atoms with Crippen LogP contribution in [0.25, 0.3) is 0 Å². The quantitative estimate of drug-likeness (QED) is 0.760. The highest BCUT2D eigenvalue weighted by Gasteiger charge is 2.07. The molecule has 0 atom stereocenters. The van der Waals surface area contributed by atoms with Gasteiger partial charge in [-0.1, -0.05) is 29.8 Å². The van der Waals surface area contributed by atoms with Crippen molar-refractivity contribution in [2.24, 2.45) is 0 Å². The lowest BCUT2D eigenvalue weighted by atomic mass is 10.1. The van der Waals surface area contributed by atoms with Gasteiger partial charge in [0.05, 0.1) is 0 Å². The molecule has 0 aliphatic carbocycles. The van der Waals surface area contributed by atoms with Crippen LogP contribution >= 0.6 is 12.2 Å². The Labute approximate surface area is 132 Å². The molecule has 0 fully saturated rings. The zero-order valence-corrected chi connectivity index (χ0v) is 14.1. The van der Waals surface area contributed by atoms with Crippen molar-refractivity contribution in [3.8, 4) is 0 Å². The summed E-state index contributed by atoms with van der Waals surface area (Å²) in [6.07, 6.45) is 0.